The number of hydrogen-bond acceptors (Lipinski definition) is 5. The van der Waals surface area contributed by atoms with Crippen molar-refractivity contribution < 1.29 is 9.72 Å². The van der Waals surface area contributed by atoms with Crippen molar-refractivity contribution in [3.63, 3.8) is 0 Å². The molecule has 20 heavy (non-hydrogen) atoms. The molecular formula is C12H11N5O3. The minimum absolute atomic E-state index is 0.0306. The van der Waals surface area contributed by atoms with Gasteiger partial charge in [-0.2, -0.15) is 10.2 Å². The number of nitrogens with zero attached hydrogens (tertiary/aromatic N) is 3. The molecule has 1 aromatic heterocycles. The summed E-state index contributed by atoms with van der Waals surface area (Å²) in [5, 5.41) is 20.7. The van der Waals surface area contributed by atoms with Gasteiger partial charge in [-0.05, 0) is 13.0 Å². The molecule has 2 N–H and O–H groups in total. The first-order valence-corrected chi connectivity index (χ1v) is 5.67. The standard InChI is InChI=1S/C12H11N5O3/c1-8(9-3-2-4-10(7-9)17(19)20)14-16-12(18)11-5-6-13-15-11/h2-7H,1H3,(H,13,15)(H,16,18)/b14-8-. The number of aromatic amines is 1. The van der Waals surface area contributed by atoms with E-state index in [2.05, 4.69) is 20.7 Å². The Morgan fingerprint density at radius 3 is 2.90 bits per heavy atom. The molecule has 0 bridgehead atoms. The Morgan fingerprint density at radius 2 is 2.25 bits per heavy atom. The van der Waals surface area contributed by atoms with E-state index < -0.39 is 10.8 Å². The van der Waals surface area contributed by atoms with Crippen LogP contribution in [0.25, 0.3) is 0 Å². The van der Waals surface area contributed by atoms with E-state index in [4.69, 9.17) is 0 Å². The van der Waals surface area contributed by atoms with Crippen LogP contribution in [0.4, 0.5) is 5.69 Å². The van der Waals surface area contributed by atoms with E-state index in [1.807, 2.05) is 0 Å². The number of H-pyrrole nitrogens is 1. The Hall–Kier alpha value is -3.03. The molecule has 2 aromatic rings. The summed E-state index contributed by atoms with van der Waals surface area (Å²) < 4.78 is 0. The molecule has 8 nitrogen and oxygen atoms in total. The van der Waals surface area contributed by atoms with Crippen LogP contribution in [0.2, 0.25) is 0 Å². The summed E-state index contributed by atoms with van der Waals surface area (Å²) in [4.78, 5) is 21.8. The van der Waals surface area contributed by atoms with Gasteiger partial charge in [0.2, 0.25) is 0 Å². The smallest absolute Gasteiger partial charge is 0.273 e. The zero-order valence-electron chi connectivity index (χ0n) is 10.5. The maximum atomic E-state index is 11.6. The van der Waals surface area contributed by atoms with Gasteiger partial charge in [-0.25, -0.2) is 5.43 Å². The molecule has 0 radical (unpaired) electrons. The molecule has 0 aliphatic rings. The molecule has 0 fully saturated rings. The molecule has 0 saturated heterocycles. The van der Waals surface area contributed by atoms with Gasteiger partial charge in [0, 0.05) is 23.9 Å². The largest absolute Gasteiger partial charge is 0.289 e. The highest BCUT2D eigenvalue weighted by Crippen LogP contribution is 2.13. The van der Waals surface area contributed by atoms with E-state index in [0.717, 1.165) is 0 Å². The number of carbonyl (C=O) groups excluding carboxylic acids is 1. The highest BCUT2D eigenvalue weighted by molar-refractivity contribution is 6.00. The molecule has 0 atom stereocenters. The van der Waals surface area contributed by atoms with Crippen LogP contribution in [-0.4, -0.2) is 26.7 Å². The number of hydrazone groups is 1. The molecule has 0 unspecified atom stereocenters. The molecule has 1 heterocycles. The van der Waals surface area contributed by atoms with Crippen molar-refractivity contribution in [1.82, 2.24) is 15.6 Å². The maximum Gasteiger partial charge on any atom is 0.289 e. The van der Waals surface area contributed by atoms with Crippen molar-refractivity contribution in [3.8, 4) is 0 Å². The van der Waals surface area contributed by atoms with Gasteiger partial charge < -0.3 is 0 Å². The monoisotopic (exact) mass is 273 g/mol. The van der Waals surface area contributed by atoms with E-state index in [0.29, 0.717) is 11.3 Å². The topological polar surface area (TPSA) is 113 Å². The van der Waals surface area contributed by atoms with Gasteiger partial charge in [-0.15, -0.1) is 0 Å². The lowest BCUT2D eigenvalue weighted by molar-refractivity contribution is -0.384. The number of non-ortho nitro benzene ring substituents is 1. The number of nitro groups is 1. The summed E-state index contributed by atoms with van der Waals surface area (Å²) in [7, 11) is 0. The zero-order valence-corrected chi connectivity index (χ0v) is 10.5. The quantitative estimate of drug-likeness (QED) is 0.498. The molecule has 0 spiro atoms. The van der Waals surface area contributed by atoms with Crippen molar-refractivity contribution in [3.05, 3.63) is 57.9 Å². The second-order valence-electron chi connectivity index (χ2n) is 3.92. The van der Waals surface area contributed by atoms with E-state index in [1.165, 1.54) is 24.4 Å². The maximum absolute atomic E-state index is 11.6. The number of nitrogens with one attached hydrogen (secondary N) is 2. The van der Waals surface area contributed by atoms with Crippen molar-refractivity contribution >= 4 is 17.3 Å². The van der Waals surface area contributed by atoms with Crippen LogP contribution in [0, 0.1) is 10.1 Å². The summed E-state index contributed by atoms with van der Waals surface area (Å²) in [6, 6.07) is 7.52. The second kappa shape index (κ2) is 5.74. The van der Waals surface area contributed by atoms with Gasteiger partial charge in [-0.1, -0.05) is 12.1 Å². The number of amides is 1. The van der Waals surface area contributed by atoms with Crippen LogP contribution >= 0.6 is 0 Å². The Balaban J connectivity index is 2.12. The zero-order chi connectivity index (χ0) is 14.5. The molecule has 0 aliphatic heterocycles. The van der Waals surface area contributed by atoms with Crippen LogP contribution in [0.5, 0.6) is 0 Å². The lowest BCUT2D eigenvalue weighted by Gasteiger charge is -2.01. The molecule has 1 amide bonds. The molecule has 1 aromatic carbocycles. The van der Waals surface area contributed by atoms with Crippen LogP contribution in [0.15, 0.2) is 41.6 Å². The predicted molar refractivity (Wildman–Crippen MR) is 71.4 cm³/mol. The van der Waals surface area contributed by atoms with E-state index in [1.54, 1.807) is 19.1 Å². The fourth-order valence-corrected chi connectivity index (χ4v) is 1.49. The van der Waals surface area contributed by atoms with Gasteiger partial charge in [0.1, 0.15) is 5.69 Å². The second-order valence-corrected chi connectivity index (χ2v) is 3.92. The third kappa shape index (κ3) is 3.05. The van der Waals surface area contributed by atoms with Crippen molar-refractivity contribution in [1.29, 1.82) is 0 Å². The van der Waals surface area contributed by atoms with Crippen LogP contribution in [-0.2, 0) is 0 Å². The molecule has 2 rings (SSSR count). The minimum atomic E-state index is -0.486. The van der Waals surface area contributed by atoms with E-state index in [9.17, 15) is 14.9 Å². The lowest BCUT2D eigenvalue weighted by atomic mass is 10.1. The fraction of sp³-hybridized carbons (Fsp3) is 0.0833. The van der Waals surface area contributed by atoms with Gasteiger partial charge in [0.05, 0.1) is 10.6 Å². The summed E-state index contributed by atoms with van der Waals surface area (Å²) in [6.07, 6.45) is 1.45. The summed E-state index contributed by atoms with van der Waals surface area (Å²) in [5.74, 6) is -0.438. The van der Waals surface area contributed by atoms with Crippen molar-refractivity contribution in [2.24, 2.45) is 5.10 Å². The minimum Gasteiger partial charge on any atom is -0.273 e. The normalized spacial score (nSPS) is 11.2. The third-order valence-electron chi connectivity index (χ3n) is 2.55. The van der Waals surface area contributed by atoms with Crippen LogP contribution in [0.3, 0.4) is 0 Å². The van der Waals surface area contributed by atoms with Gasteiger partial charge in [-0.3, -0.25) is 20.0 Å². The average molecular weight is 273 g/mol. The molecule has 0 aliphatic carbocycles. The van der Waals surface area contributed by atoms with Crippen molar-refractivity contribution in [2.75, 3.05) is 0 Å². The third-order valence-corrected chi connectivity index (χ3v) is 2.55. The van der Waals surface area contributed by atoms with E-state index in [-0.39, 0.29) is 11.4 Å². The van der Waals surface area contributed by atoms with E-state index >= 15 is 0 Å². The Kier molecular flexibility index (Phi) is 3.85. The summed E-state index contributed by atoms with van der Waals surface area (Å²) in [6.45, 7) is 1.65. The first-order chi connectivity index (χ1) is 9.58. The molecule has 0 saturated carbocycles. The number of rotatable bonds is 4. The number of carbonyl (C=O) groups is 1. The van der Waals surface area contributed by atoms with Gasteiger partial charge >= 0.3 is 0 Å². The highest BCUT2D eigenvalue weighted by Gasteiger charge is 2.09. The van der Waals surface area contributed by atoms with Gasteiger partial charge in [0.25, 0.3) is 11.6 Å². The first kappa shape index (κ1) is 13.4. The Bertz CT molecular complexity index is 663. The molecular weight excluding hydrogens is 262 g/mol. The fourth-order valence-electron chi connectivity index (χ4n) is 1.49. The summed E-state index contributed by atoms with van der Waals surface area (Å²) >= 11 is 0. The van der Waals surface area contributed by atoms with Crippen LogP contribution < -0.4 is 5.43 Å². The summed E-state index contributed by atoms with van der Waals surface area (Å²) in [5.41, 5.74) is 3.61. The molecule has 102 valence electrons. The average Bonchev–Trinajstić information content (AvgIpc) is 2.98. The highest BCUT2D eigenvalue weighted by atomic mass is 16.6. The Morgan fingerprint density at radius 1 is 1.45 bits per heavy atom. The predicted octanol–water partition coefficient (Wildman–Crippen LogP) is 1.47. The molecule has 8 heteroatoms. The number of nitro benzene ring substituents is 1. The Labute approximate surface area is 113 Å². The van der Waals surface area contributed by atoms with Gasteiger partial charge in [0.15, 0.2) is 0 Å². The van der Waals surface area contributed by atoms with Crippen LogP contribution in [0.1, 0.15) is 23.0 Å². The van der Waals surface area contributed by atoms with Crippen molar-refractivity contribution in [2.45, 2.75) is 6.92 Å². The lowest BCUT2D eigenvalue weighted by Crippen LogP contribution is -2.19. The first-order valence-electron chi connectivity index (χ1n) is 5.67. The number of aromatic nitrogens is 2. The number of benzene rings is 1. The SMILES string of the molecule is C/C(=N/NC(=O)c1ccn[nH]1)c1cccc([N+](=O)[O-])c1. The number of hydrogen-bond donors (Lipinski definition) is 2.